The lowest BCUT2D eigenvalue weighted by molar-refractivity contribution is -0.147. The number of carbonyl (C=O) groups is 1. The van der Waals surface area contributed by atoms with Crippen molar-refractivity contribution in [3.63, 3.8) is 0 Å². The molecule has 14 heavy (non-hydrogen) atoms. The van der Waals surface area contributed by atoms with Crippen LogP contribution in [0.1, 0.15) is 27.2 Å². The van der Waals surface area contributed by atoms with E-state index in [4.69, 9.17) is 4.74 Å². The molecule has 5 atom stereocenters. The van der Waals surface area contributed by atoms with Gasteiger partial charge in [0.2, 0.25) is 0 Å². The Hall–Kier alpha value is -0.570. The minimum Gasteiger partial charge on any atom is -0.465 e. The maximum Gasteiger partial charge on any atom is 0.323 e. The summed E-state index contributed by atoms with van der Waals surface area (Å²) in [5, 5.41) is 3.38. The van der Waals surface area contributed by atoms with Gasteiger partial charge in [0.25, 0.3) is 0 Å². The van der Waals surface area contributed by atoms with Gasteiger partial charge < -0.3 is 10.1 Å². The third kappa shape index (κ3) is 1.34. The van der Waals surface area contributed by atoms with Crippen LogP contribution in [-0.4, -0.2) is 24.7 Å². The number of fused-ring (bicyclic) bond motifs is 2. The highest BCUT2D eigenvalue weighted by atomic mass is 16.5. The fraction of sp³-hybridized carbons (Fsp3) is 0.909. The van der Waals surface area contributed by atoms with Gasteiger partial charge in [-0.1, -0.05) is 13.8 Å². The zero-order valence-corrected chi connectivity index (χ0v) is 9.12. The Labute approximate surface area is 85.2 Å². The highest BCUT2D eigenvalue weighted by molar-refractivity contribution is 5.77. The van der Waals surface area contributed by atoms with Crippen LogP contribution in [0, 0.1) is 17.8 Å². The van der Waals surface area contributed by atoms with Gasteiger partial charge in [0, 0.05) is 6.04 Å². The van der Waals surface area contributed by atoms with Crippen LogP contribution < -0.4 is 5.32 Å². The molecular formula is C11H19NO2. The Bertz CT molecular complexity index is 239. The average molecular weight is 197 g/mol. The molecule has 1 aliphatic heterocycles. The van der Waals surface area contributed by atoms with Crippen molar-refractivity contribution < 1.29 is 9.53 Å². The number of rotatable bonds is 2. The van der Waals surface area contributed by atoms with Crippen LogP contribution >= 0.6 is 0 Å². The maximum absolute atomic E-state index is 11.6. The lowest BCUT2D eigenvalue weighted by Gasteiger charge is -2.31. The molecule has 2 aliphatic rings. The molecule has 0 aromatic carbocycles. The monoisotopic (exact) mass is 197 g/mol. The maximum atomic E-state index is 11.6. The first-order chi connectivity index (χ1) is 6.65. The number of hydrogen-bond acceptors (Lipinski definition) is 3. The third-order valence-electron chi connectivity index (χ3n) is 4.03. The molecular weight excluding hydrogens is 178 g/mol. The molecule has 1 aliphatic carbocycles. The molecule has 0 aromatic heterocycles. The largest absolute Gasteiger partial charge is 0.465 e. The van der Waals surface area contributed by atoms with Gasteiger partial charge in [0.15, 0.2) is 0 Å². The standard InChI is InChI=1S/C11H19NO2/c1-4-14-11(13)10-8-5-9(12-10)7(3)6(8)2/h6-10,12H,4-5H2,1-3H3/t6-,7+,8-,9-,10-/m0/s1. The highest BCUT2D eigenvalue weighted by Gasteiger charge is 2.51. The van der Waals surface area contributed by atoms with Gasteiger partial charge in [-0.05, 0) is 31.1 Å². The number of hydrogen-bond donors (Lipinski definition) is 1. The highest BCUT2D eigenvalue weighted by Crippen LogP contribution is 2.44. The van der Waals surface area contributed by atoms with Crippen molar-refractivity contribution in [2.45, 2.75) is 39.3 Å². The molecule has 0 spiro atoms. The number of piperidine rings is 1. The van der Waals surface area contributed by atoms with Crippen LogP contribution in [0.5, 0.6) is 0 Å². The summed E-state index contributed by atoms with van der Waals surface area (Å²) in [4.78, 5) is 11.6. The second-order valence-corrected chi connectivity index (χ2v) is 4.62. The lowest BCUT2D eigenvalue weighted by atomic mass is 9.84. The molecule has 2 rings (SSSR count). The first-order valence-corrected chi connectivity index (χ1v) is 5.57. The zero-order chi connectivity index (χ0) is 10.3. The van der Waals surface area contributed by atoms with E-state index in [1.165, 1.54) is 0 Å². The second-order valence-electron chi connectivity index (χ2n) is 4.62. The molecule has 1 saturated carbocycles. The zero-order valence-electron chi connectivity index (χ0n) is 9.12. The molecule has 1 heterocycles. The van der Waals surface area contributed by atoms with Crippen LogP contribution in [0.25, 0.3) is 0 Å². The van der Waals surface area contributed by atoms with E-state index in [0.717, 1.165) is 6.42 Å². The summed E-state index contributed by atoms with van der Waals surface area (Å²) in [6.45, 7) is 6.86. The van der Waals surface area contributed by atoms with Crippen LogP contribution in [0.3, 0.4) is 0 Å². The molecule has 2 fully saturated rings. The predicted octanol–water partition coefficient (Wildman–Crippen LogP) is 1.18. The fourth-order valence-electron chi connectivity index (χ4n) is 2.97. The van der Waals surface area contributed by atoms with Crippen LogP contribution in [0.4, 0.5) is 0 Å². The van der Waals surface area contributed by atoms with Gasteiger partial charge in [-0.2, -0.15) is 0 Å². The Morgan fingerprint density at radius 1 is 1.43 bits per heavy atom. The molecule has 0 radical (unpaired) electrons. The van der Waals surface area contributed by atoms with Crippen molar-refractivity contribution in [1.82, 2.24) is 5.32 Å². The third-order valence-corrected chi connectivity index (χ3v) is 4.03. The molecule has 2 bridgehead atoms. The summed E-state index contributed by atoms with van der Waals surface area (Å²) in [6.07, 6.45) is 1.14. The molecule has 0 aromatic rings. The number of esters is 1. The Balaban J connectivity index is 2.02. The van der Waals surface area contributed by atoms with E-state index < -0.39 is 0 Å². The molecule has 1 N–H and O–H groups in total. The molecule has 80 valence electrons. The van der Waals surface area contributed by atoms with E-state index in [-0.39, 0.29) is 12.0 Å². The Morgan fingerprint density at radius 2 is 2.14 bits per heavy atom. The van der Waals surface area contributed by atoms with Crippen molar-refractivity contribution in [1.29, 1.82) is 0 Å². The normalized spacial score (nSPS) is 45.5. The van der Waals surface area contributed by atoms with Gasteiger partial charge in [-0.15, -0.1) is 0 Å². The smallest absolute Gasteiger partial charge is 0.323 e. The quantitative estimate of drug-likeness (QED) is 0.676. The fourth-order valence-corrected chi connectivity index (χ4v) is 2.97. The minimum atomic E-state index is -0.0567. The summed E-state index contributed by atoms with van der Waals surface area (Å²) in [6, 6.07) is 0.496. The van der Waals surface area contributed by atoms with Crippen molar-refractivity contribution in [2.24, 2.45) is 17.8 Å². The van der Waals surface area contributed by atoms with Gasteiger partial charge in [-0.3, -0.25) is 4.79 Å². The molecule has 3 nitrogen and oxygen atoms in total. The van der Waals surface area contributed by atoms with E-state index in [0.29, 0.717) is 30.4 Å². The molecule has 0 amide bonds. The van der Waals surface area contributed by atoms with E-state index in [9.17, 15) is 4.79 Å². The Kier molecular flexibility index (Phi) is 2.52. The lowest BCUT2D eigenvalue weighted by Crippen LogP contribution is -2.48. The second kappa shape index (κ2) is 3.54. The van der Waals surface area contributed by atoms with E-state index >= 15 is 0 Å². The van der Waals surface area contributed by atoms with Crippen LogP contribution in [0.2, 0.25) is 0 Å². The number of carbonyl (C=O) groups excluding carboxylic acids is 1. The van der Waals surface area contributed by atoms with Crippen molar-refractivity contribution in [3.05, 3.63) is 0 Å². The topological polar surface area (TPSA) is 38.3 Å². The average Bonchev–Trinajstić information content (AvgIpc) is 2.68. The van der Waals surface area contributed by atoms with E-state index in [1.54, 1.807) is 0 Å². The number of ether oxygens (including phenoxy) is 1. The summed E-state index contributed by atoms with van der Waals surface area (Å²) < 4.78 is 5.06. The van der Waals surface area contributed by atoms with Crippen molar-refractivity contribution >= 4 is 5.97 Å². The summed E-state index contributed by atoms with van der Waals surface area (Å²) >= 11 is 0. The van der Waals surface area contributed by atoms with Crippen LogP contribution in [0.15, 0.2) is 0 Å². The van der Waals surface area contributed by atoms with Crippen molar-refractivity contribution in [2.75, 3.05) is 6.61 Å². The van der Waals surface area contributed by atoms with Gasteiger partial charge in [-0.25, -0.2) is 0 Å². The van der Waals surface area contributed by atoms with Gasteiger partial charge in [0.1, 0.15) is 6.04 Å². The molecule has 3 heteroatoms. The van der Waals surface area contributed by atoms with Crippen molar-refractivity contribution in [3.8, 4) is 0 Å². The predicted molar refractivity (Wildman–Crippen MR) is 53.8 cm³/mol. The first kappa shape index (κ1) is 9.97. The molecule has 1 saturated heterocycles. The first-order valence-electron chi connectivity index (χ1n) is 5.57. The van der Waals surface area contributed by atoms with E-state index in [1.807, 2.05) is 6.92 Å². The van der Waals surface area contributed by atoms with E-state index in [2.05, 4.69) is 19.2 Å². The summed E-state index contributed by atoms with van der Waals surface area (Å²) in [5.41, 5.74) is 0. The number of nitrogens with one attached hydrogen (secondary N) is 1. The summed E-state index contributed by atoms with van der Waals surface area (Å²) in [7, 11) is 0. The van der Waals surface area contributed by atoms with Crippen LogP contribution in [-0.2, 0) is 9.53 Å². The minimum absolute atomic E-state index is 0.0360. The van der Waals surface area contributed by atoms with Gasteiger partial charge in [0.05, 0.1) is 6.61 Å². The Morgan fingerprint density at radius 3 is 2.64 bits per heavy atom. The summed E-state index contributed by atoms with van der Waals surface area (Å²) in [5.74, 6) is 1.79. The SMILES string of the molecule is CCOC(=O)[C@H]1N[C@H]2C[C@H]1[C@@H](C)[C@H]2C. The molecule has 0 unspecified atom stereocenters. The van der Waals surface area contributed by atoms with Gasteiger partial charge >= 0.3 is 5.97 Å².